The fourth-order valence-electron chi connectivity index (χ4n) is 1.66. The summed E-state index contributed by atoms with van der Waals surface area (Å²) in [5.41, 5.74) is -1.91. The number of Topliss-reactive ketones (excluding diaryl/α,β-unsaturated/α-hetero) is 1. The van der Waals surface area contributed by atoms with Crippen LogP contribution in [-0.4, -0.2) is 31.1 Å². The number of ether oxygens (including phenoxy) is 2. The fraction of sp³-hybridized carbons (Fsp3) is 0.385. The summed E-state index contributed by atoms with van der Waals surface area (Å²) < 4.78 is 24.0. The number of carbonyl (C=O) groups excluding carboxylic acids is 1. The molecule has 0 amide bonds. The Bertz CT molecular complexity index is 517. The maximum Gasteiger partial charge on any atom is 0.377 e. The van der Waals surface area contributed by atoms with Gasteiger partial charge in [0.15, 0.2) is 0 Å². The summed E-state index contributed by atoms with van der Waals surface area (Å²) in [6.07, 6.45) is 0. The molecular formula is C13H15FO5. The minimum atomic E-state index is -1.79. The van der Waals surface area contributed by atoms with Crippen LogP contribution in [0, 0.1) is 0 Å². The van der Waals surface area contributed by atoms with Crippen LogP contribution in [0.1, 0.15) is 29.8 Å². The van der Waals surface area contributed by atoms with Gasteiger partial charge in [-0.1, -0.05) is 0 Å². The minimum Gasteiger partial charge on any atom is -0.496 e. The Morgan fingerprint density at radius 1 is 1.16 bits per heavy atom. The zero-order chi connectivity index (χ0) is 14.8. The molecular weight excluding hydrogens is 255 g/mol. The van der Waals surface area contributed by atoms with Crippen LogP contribution in [-0.2, 0) is 10.5 Å². The number of carboxylic acid groups (broad SMARTS) is 1. The molecule has 0 unspecified atom stereocenters. The van der Waals surface area contributed by atoms with Gasteiger partial charge in [-0.25, -0.2) is 9.18 Å². The maximum absolute atomic E-state index is 14.1. The van der Waals surface area contributed by atoms with Crippen molar-refractivity contribution in [3.05, 3.63) is 23.3 Å². The highest BCUT2D eigenvalue weighted by atomic mass is 19.1. The first-order valence-corrected chi connectivity index (χ1v) is 5.45. The van der Waals surface area contributed by atoms with Crippen molar-refractivity contribution in [3.8, 4) is 11.5 Å². The molecule has 1 aromatic rings. The van der Waals surface area contributed by atoms with Crippen molar-refractivity contribution in [1.29, 1.82) is 0 Å². The number of methoxy groups -OCH3 is 2. The first-order valence-electron chi connectivity index (χ1n) is 5.45. The highest BCUT2D eigenvalue weighted by molar-refractivity contribution is 6.40. The molecule has 6 heteroatoms. The van der Waals surface area contributed by atoms with E-state index in [1.165, 1.54) is 34.1 Å². The number of carbonyl (C=O) groups is 2. The van der Waals surface area contributed by atoms with E-state index in [-0.39, 0.29) is 22.6 Å². The largest absolute Gasteiger partial charge is 0.496 e. The van der Waals surface area contributed by atoms with Gasteiger partial charge in [-0.05, 0) is 19.9 Å². The van der Waals surface area contributed by atoms with E-state index in [2.05, 4.69) is 0 Å². The highest BCUT2D eigenvalue weighted by Crippen LogP contribution is 2.37. The van der Waals surface area contributed by atoms with Gasteiger partial charge in [0.25, 0.3) is 5.78 Å². The van der Waals surface area contributed by atoms with E-state index in [0.29, 0.717) is 0 Å². The van der Waals surface area contributed by atoms with Crippen LogP contribution in [0.15, 0.2) is 12.1 Å². The van der Waals surface area contributed by atoms with Gasteiger partial charge >= 0.3 is 5.97 Å². The molecule has 0 radical (unpaired) electrons. The highest BCUT2D eigenvalue weighted by Gasteiger charge is 2.29. The van der Waals surface area contributed by atoms with E-state index in [0.717, 1.165) is 6.07 Å². The molecule has 0 saturated heterocycles. The molecule has 0 aliphatic rings. The number of hydrogen-bond acceptors (Lipinski definition) is 4. The normalized spacial score (nSPS) is 11.0. The smallest absolute Gasteiger partial charge is 0.377 e. The molecule has 0 spiro atoms. The Morgan fingerprint density at radius 2 is 1.68 bits per heavy atom. The lowest BCUT2D eigenvalue weighted by Crippen LogP contribution is -2.17. The van der Waals surface area contributed by atoms with Crippen LogP contribution in [0.3, 0.4) is 0 Å². The first-order chi connectivity index (χ1) is 8.72. The third-order valence-corrected chi connectivity index (χ3v) is 2.60. The van der Waals surface area contributed by atoms with Gasteiger partial charge in [0.1, 0.15) is 17.2 Å². The number of carboxylic acids is 1. The van der Waals surface area contributed by atoms with Crippen molar-refractivity contribution in [2.75, 3.05) is 14.2 Å². The van der Waals surface area contributed by atoms with Crippen molar-refractivity contribution >= 4 is 11.8 Å². The Hall–Kier alpha value is -2.11. The van der Waals surface area contributed by atoms with Crippen molar-refractivity contribution < 1.29 is 28.6 Å². The predicted molar refractivity (Wildman–Crippen MR) is 65.6 cm³/mol. The van der Waals surface area contributed by atoms with E-state index in [9.17, 15) is 14.0 Å². The predicted octanol–water partition coefficient (Wildman–Crippen LogP) is 2.18. The van der Waals surface area contributed by atoms with Crippen molar-refractivity contribution in [1.82, 2.24) is 0 Å². The van der Waals surface area contributed by atoms with Gasteiger partial charge in [-0.15, -0.1) is 0 Å². The number of aliphatic carboxylic acids is 1. The number of benzene rings is 1. The van der Waals surface area contributed by atoms with Gasteiger partial charge in [-0.2, -0.15) is 0 Å². The van der Waals surface area contributed by atoms with Crippen LogP contribution in [0.4, 0.5) is 4.39 Å². The van der Waals surface area contributed by atoms with Crippen molar-refractivity contribution in [2.45, 2.75) is 19.5 Å². The molecule has 0 atom stereocenters. The molecule has 104 valence electrons. The molecule has 19 heavy (non-hydrogen) atoms. The molecule has 0 heterocycles. The molecule has 0 saturated carbocycles. The average Bonchev–Trinajstić information content (AvgIpc) is 2.34. The third-order valence-electron chi connectivity index (χ3n) is 2.60. The summed E-state index contributed by atoms with van der Waals surface area (Å²) in [6.45, 7) is 2.57. The van der Waals surface area contributed by atoms with Crippen molar-refractivity contribution in [2.24, 2.45) is 0 Å². The standard InChI is InChI=1S/C13H15FO5/c1-13(2,14)8-5-7(11(15)12(16)17)9(18-3)6-10(8)19-4/h5-6H,1-4H3,(H,16,17). The monoisotopic (exact) mass is 270 g/mol. The lowest BCUT2D eigenvalue weighted by atomic mass is 9.95. The molecule has 5 nitrogen and oxygen atoms in total. The number of ketones is 1. The lowest BCUT2D eigenvalue weighted by molar-refractivity contribution is -0.131. The maximum atomic E-state index is 14.1. The quantitative estimate of drug-likeness (QED) is 0.655. The van der Waals surface area contributed by atoms with Crippen molar-refractivity contribution in [3.63, 3.8) is 0 Å². The van der Waals surface area contributed by atoms with Gasteiger partial charge in [0, 0.05) is 11.6 Å². The zero-order valence-electron chi connectivity index (χ0n) is 11.1. The number of hydrogen-bond donors (Lipinski definition) is 1. The number of rotatable bonds is 5. The summed E-state index contributed by atoms with van der Waals surface area (Å²) >= 11 is 0. The molecule has 0 aliphatic heterocycles. The Balaban J connectivity index is 3.55. The van der Waals surface area contributed by atoms with E-state index in [4.69, 9.17) is 14.6 Å². The lowest BCUT2D eigenvalue weighted by Gasteiger charge is -2.20. The number of alkyl halides is 1. The number of halogens is 1. The van der Waals surface area contributed by atoms with Crippen LogP contribution < -0.4 is 9.47 Å². The second kappa shape index (κ2) is 5.26. The summed E-state index contributed by atoms with van der Waals surface area (Å²) in [5.74, 6) is -2.58. The second-order valence-corrected chi connectivity index (χ2v) is 4.36. The molecule has 0 aromatic heterocycles. The SMILES string of the molecule is COc1cc(OC)c(C(C)(C)F)cc1C(=O)C(=O)O. The van der Waals surface area contributed by atoms with Crippen LogP contribution >= 0.6 is 0 Å². The van der Waals surface area contributed by atoms with E-state index in [1.807, 2.05) is 0 Å². The Kier molecular flexibility index (Phi) is 4.14. The van der Waals surface area contributed by atoms with Gasteiger partial charge < -0.3 is 14.6 Å². The first kappa shape index (κ1) is 14.9. The topological polar surface area (TPSA) is 72.8 Å². The van der Waals surface area contributed by atoms with Crippen LogP contribution in [0.25, 0.3) is 0 Å². The minimum absolute atomic E-state index is 0.0252. The van der Waals surface area contributed by atoms with E-state index in [1.54, 1.807) is 0 Å². The Morgan fingerprint density at radius 3 is 2.05 bits per heavy atom. The van der Waals surface area contributed by atoms with Crippen LogP contribution in [0.5, 0.6) is 11.5 Å². The summed E-state index contributed by atoms with van der Waals surface area (Å²) in [6, 6.07) is 2.45. The summed E-state index contributed by atoms with van der Waals surface area (Å²) in [5, 5.41) is 8.75. The zero-order valence-corrected chi connectivity index (χ0v) is 11.1. The van der Waals surface area contributed by atoms with Crippen LogP contribution in [0.2, 0.25) is 0 Å². The van der Waals surface area contributed by atoms with E-state index >= 15 is 0 Å². The average molecular weight is 270 g/mol. The molecule has 0 fully saturated rings. The van der Waals surface area contributed by atoms with Gasteiger partial charge in [-0.3, -0.25) is 4.79 Å². The van der Waals surface area contributed by atoms with E-state index < -0.39 is 17.4 Å². The molecule has 0 aliphatic carbocycles. The van der Waals surface area contributed by atoms with Gasteiger partial charge in [0.05, 0.1) is 19.8 Å². The molecule has 1 N–H and O–H groups in total. The molecule has 0 bridgehead atoms. The molecule has 1 aromatic carbocycles. The third kappa shape index (κ3) is 3.01. The summed E-state index contributed by atoms with van der Waals surface area (Å²) in [7, 11) is 2.64. The fourth-order valence-corrected chi connectivity index (χ4v) is 1.66. The molecule has 1 rings (SSSR count). The Labute approximate surface area is 109 Å². The summed E-state index contributed by atoms with van der Waals surface area (Å²) in [4.78, 5) is 22.3. The van der Waals surface area contributed by atoms with Gasteiger partial charge in [0.2, 0.25) is 0 Å². The second-order valence-electron chi connectivity index (χ2n) is 4.36.